The van der Waals surface area contributed by atoms with Crippen molar-refractivity contribution in [3.8, 4) is 56.4 Å². The second-order valence-corrected chi connectivity index (χ2v) is 11.6. The number of aromatic nitrogens is 3. The van der Waals surface area contributed by atoms with E-state index in [-0.39, 0.29) is 0 Å². The summed E-state index contributed by atoms with van der Waals surface area (Å²) in [6, 6.07) is 56.4. The molecule has 0 N–H and O–H groups in total. The zero-order valence-electron chi connectivity index (χ0n) is 25.3. The molecule has 0 unspecified atom stereocenters. The summed E-state index contributed by atoms with van der Waals surface area (Å²) in [5.74, 6) is 1.79. The Labute approximate surface area is 271 Å². The van der Waals surface area contributed by atoms with E-state index in [1.165, 1.54) is 16.5 Å². The molecule has 0 spiro atoms. The van der Waals surface area contributed by atoms with Crippen molar-refractivity contribution in [3.63, 3.8) is 0 Å². The Balaban J connectivity index is 1.32. The highest BCUT2D eigenvalue weighted by atomic mass is 16.3. The third-order valence-corrected chi connectivity index (χ3v) is 8.73. The molecule has 0 bridgehead atoms. The summed E-state index contributed by atoms with van der Waals surface area (Å²) in [5, 5.41) is 4.43. The first-order valence-electron chi connectivity index (χ1n) is 15.7. The number of hydrogen-bond donors (Lipinski definition) is 0. The van der Waals surface area contributed by atoms with Gasteiger partial charge in [0.1, 0.15) is 11.2 Å². The second-order valence-electron chi connectivity index (χ2n) is 11.6. The Kier molecular flexibility index (Phi) is 6.43. The first kappa shape index (κ1) is 27.0. The van der Waals surface area contributed by atoms with Crippen molar-refractivity contribution in [2.75, 3.05) is 0 Å². The topological polar surface area (TPSA) is 51.8 Å². The summed E-state index contributed by atoms with van der Waals surface area (Å²) >= 11 is 0. The lowest BCUT2D eigenvalue weighted by Crippen LogP contribution is -2.00. The highest BCUT2D eigenvalue weighted by Crippen LogP contribution is 2.42. The van der Waals surface area contributed by atoms with Crippen LogP contribution in [0.4, 0.5) is 0 Å². The number of rotatable bonds is 5. The summed E-state index contributed by atoms with van der Waals surface area (Å²) in [7, 11) is 0. The van der Waals surface area contributed by atoms with Crippen molar-refractivity contribution in [3.05, 3.63) is 164 Å². The minimum Gasteiger partial charge on any atom is -0.455 e. The molecule has 9 rings (SSSR count). The fraction of sp³-hybridized carbons (Fsp3) is 0. The van der Waals surface area contributed by atoms with E-state index in [4.69, 9.17) is 19.4 Å². The summed E-state index contributed by atoms with van der Waals surface area (Å²) in [4.78, 5) is 15.1. The second kappa shape index (κ2) is 11.2. The minimum atomic E-state index is 0.564. The number of furan rings is 1. The average Bonchev–Trinajstić information content (AvgIpc) is 3.55. The molecule has 220 valence electrons. The highest BCUT2D eigenvalue weighted by molar-refractivity contribution is 6.21. The normalized spacial score (nSPS) is 11.4. The van der Waals surface area contributed by atoms with E-state index in [1.54, 1.807) is 0 Å². The zero-order chi connectivity index (χ0) is 31.2. The molecule has 0 aliphatic heterocycles. The third-order valence-electron chi connectivity index (χ3n) is 8.73. The predicted molar refractivity (Wildman–Crippen MR) is 192 cm³/mol. The Morgan fingerprint density at radius 1 is 0.362 bits per heavy atom. The average molecular weight is 602 g/mol. The van der Waals surface area contributed by atoms with E-state index in [2.05, 4.69) is 97.1 Å². The molecular weight excluding hydrogens is 574 g/mol. The van der Waals surface area contributed by atoms with Gasteiger partial charge in [-0.3, -0.25) is 0 Å². The molecule has 0 atom stereocenters. The van der Waals surface area contributed by atoms with E-state index in [9.17, 15) is 0 Å². The third kappa shape index (κ3) is 4.84. The van der Waals surface area contributed by atoms with Crippen LogP contribution in [0.5, 0.6) is 0 Å². The van der Waals surface area contributed by atoms with Crippen molar-refractivity contribution >= 4 is 32.7 Å². The Morgan fingerprint density at radius 3 is 1.51 bits per heavy atom. The molecule has 0 aliphatic rings. The molecule has 0 amide bonds. The fourth-order valence-electron chi connectivity index (χ4n) is 6.40. The molecule has 2 aromatic heterocycles. The van der Waals surface area contributed by atoms with Gasteiger partial charge in [-0.05, 0) is 51.2 Å². The van der Waals surface area contributed by atoms with Crippen molar-refractivity contribution in [1.82, 2.24) is 15.0 Å². The van der Waals surface area contributed by atoms with E-state index in [0.717, 1.165) is 55.1 Å². The van der Waals surface area contributed by atoms with Crippen molar-refractivity contribution in [2.45, 2.75) is 0 Å². The molecule has 0 radical (unpaired) electrons. The number of hydrogen-bond acceptors (Lipinski definition) is 4. The number of nitrogens with zero attached hydrogens (tertiary/aromatic N) is 3. The largest absolute Gasteiger partial charge is 0.455 e. The molecule has 0 fully saturated rings. The smallest absolute Gasteiger partial charge is 0.167 e. The van der Waals surface area contributed by atoms with Crippen LogP contribution < -0.4 is 0 Å². The Morgan fingerprint density at radius 2 is 0.872 bits per heavy atom. The van der Waals surface area contributed by atoms with Crippen LogP contribution in [-0.4, -0.2) is 15.0 Å². The van der Waals surface area contributed by atoms with Crippen LogP contribution in [0, 0.1) is 0 Å². The van der Waals surface area contributed by atoms with Crippen molar-refractivity contribution in [1.29, 1.82) is 0 Å². The number of benzene rings is 7. The van der Waals surface area contributed by atoms with Crippen molar-refractivity contribution < 1.29 is 4.42 Å². The van der Waals surface area contributed by atoms with Gasteiger partial charge < -0.3 is 4.42 Å². The van der Waals surface area contributed by atoms with Gasteiger partial charge in [0.15, 0.2) is 17.5 Å². The Bertz CT molecular complexity index is 2480. The van der Waals surface area contributed by atoms with Crippen LogP contribution >= 0.6 is 0 Å². The lowest BCUT2D eigenvalue weighted by atomic mass is 9.95. The SMILES string of the molecule is c1ccc(-c2ccc(-c3cc(-c4nc(-c5ccccc5)nc(-c5ccccc5)n4)c4oc5ccc6ccccc6c5c4c3)cc2)cc1. The molecule has 9 aromatic rings. The molecule has 2 heterocycles. The quantitative estimate of drug-likeness (QED) is 0.197. The summed E-state index contributed by atoms with van der Waals surface area (Å²) in [6.45, 7) is 0. The molecule has 47 heavy (non-hydrogen) atoms. The summed E-state index contributed by atoms with van der Waals surface area (Å²) in [5.41, 5.74) is 8.78. The standard InChI is InChI=1S/C43H27N3O/c1-4-12-28(13-5-1)29-20-22-30(23-21-29)34-26-36-39-35-19-11-10-14-31(35)24-25-38(39)47-40(36)37(27-34)43-45-41(32-15-6-2-7-16-32)44-42(46-43)33-17-8-3-9-18-33/h1-27H. The molecule has 4 nitrogen and oxygen atoms in total. The van der Waals surface area contributed by atoms with Gasteiger partial charge in [0.25, 0.3) is 0 Å². The maximum absolute atomic E-state index is 6.70. The van der Waals surface area contributed by atoms with Gasteiger partial charge in [-0.25, -0.2) is 15.0 Å². The lowest BCUT2D eigenvalue weighted by Gasteiger charge is -2.11. The maximum atomic E-state index is 6.70. The van der Waals surface area contributed by atoms with Crippen molar-refractivity contribution in [2.24, 2.45) is 0 Å². The van der Waals surface area contributed by atoms with E-state index in [1.807, 2.05) is 66.7 Å². The maximum Gasteiger partial charge on any atom is 0.167 e. The molecule has 0 saturated carbocycles. The molecule has 0 saturated heterocycles. The molecule has 7 aromatic carbocycles. The fourth-order valence-corrected chi connectivity index (χ4v) is 6.40. The lowest BCUT2D eigenvalue weighted by molar-refractivity contribution is 0.670. The van der Waals surface area contributed by atoms with Gasteiger partial charge in [-0.1, -0.05) is 146 Å². The van der Waals surface area contributed by atoms with E-state index >= 15 is 0 Å². The van der Waals surface area contributed by atoms with Gasteiger partial charge in [0, 0.05) is 21.9 Å². The molecular formula is C43H27N3O. The van der Waals surface area contributed by atoms with Crippen LogP contribution in [0.25, 0.3) is 89.1 Å². The monoisotopic (exact) mass is 601 g/mol. The number of fused-ring (bicyclic) bond motifs is 5. The van der Waals surface area contributed by atoms with Crippen LogP contribution in [0.15, 0.2) is 168 Å². The minimum absolute atomic E-state index is 0.564. The summed E-state index contributed by atoms with van der Waals surface area (Å²) < 4.78 is 6.70. The zero-order valence-corrected chi connectivity index (χ0v) is 25.3. The van der Waals surface area contributed by atoms with E-state index in [0.29, 0.717) is 17.5 Å². The Hall–Kier alpha value is -6.39. The predicted octanol–water partition coefficient (Wildman–Crippen LogP) is 11.3. The van der Waals surface area contributed by atoms with Gasteiger partial charge in [0.2, 0.25) is 0 Å². The highest BCUT2D eigenvalue weighted by Gasteiger charge is 2.20. The summed E-state index contributed by atoms with van der Waals surface area (Å²) in [6.07, 6.45) is 0. The van der Waals surface area contributed by atoms with E-state index < -0.39 is 0 Å². The molecule has 0 aliphatic carbocycles. The van der Waals surface area contributed by atoms with Gasteiger partial charge >= 0.3 is 0 Å². The first-order valence-corrected chi connectivity index (χ1v) is 15.7. The van der Waals surface area contributed by atoms with Crippen LogP contribution in [0.2, 0.25) is 0 Å². The van der Waals surface area contributed by atoms with Gasteiger partial charge in [-0.15, -0.1) is 0 Å². The molecule has 4 heteroatoms. The van der Waals surface area contributed by atoms with Crippen LogP contribution in [0.3, 0.4) is 0 Å². The van der Waals surface area contributed by atoms with Crippen LogP contribution in [0.1, 0.15) is 0 Å². The first-order chi connectivity index (χ1) is 23.3. The van der Waals surface area contributed by atoms with Gasteiger partial charge in [-0.2, -0.15) is 0 Å². The van der Waals surface area contributed by atoms with Gasteiger partial charge in [0.05, 0.1) is 5.56 Å². The van der Waals surface area contributed by atoms with Crippen LogP contribution in [-0.2, 0) is 0 Å².